The van der Waals surface area contributed by atoms with Crippen LogP contribution in [-0.4, -0.2) is 20.3 Å². The van der Waals surface area contributed by atoms with Gasteiger partial charge < -0.3 is 9.31 Å². The van der Waals surface area contributed by atoms with Gasteiger partial charge in [0, 0.05) is 13.2 Å². The van der Waals surface area contributed by atoms with Crippen molar-refractivity contribution in [2.75, 3.05) is 13.2 Å². The molecule has 2 nitrogen and oxygen atoms in total. The van der Waals surface area contributed by atoms with Crippen LogP contribution in [0.25, 0.3) is 0 Å². The third-order valence-corrected chi connectivity index (χ3v) is 1.80. The first-order chi connectivity index (χ1) is 7.38. The summed E-state index contributed by atoms with van der Waals surface area (Å²) in [7, 11) is -0.345. The zero-order valence-corrected chi connectivity index (χ0v) is 8.76. The van der Waals surface area contributed by atoms with E-state index in [2.05, 4.69) is 13.2 Å². The molecule has 15 heavy (non-hydrogen) atoms. The first kappa shape index (κ1) is 11.8. The predicted molar refractivity (Wildman–Crippen MR) is 64.1 cm³/mol. The lowest BCUT2D eigenvalue weighted by Gasteiger charge is -2.12. The van der Waals surface area contributed by atoms with Gasteiger partial charge in [-0.3, -0.25) is 0 Å². The SMILES string of the molecule is C=CCOB(OCC=C)c1ccccc1. The maximum absolute atomic E-state index is 5.49. The van der Waals surface area contributed by atoms with Gasteiger partial charge in [-0.2, -0.15) is 0 Å². The predicted octanol–water partition coefficient (Wildman–Crippen LogP) is 1.79. The van der Waals surface area contributed by atoms with E-state index in [0.29, 0.717) is 13.2 Å². The van der Waals surface area contributed by atoms with Gasteiger partial charge in [-0.25, -0.2) is 0 Å². The van der Waals surface area contributed by atoms with Gasteiger partial charge in [-0.15, -0.1) is 13.2 Å². The van der Waals surface area contributed by atoms with Gasteiger partial charge in [-0.1, -0.05) is 42.5 Å². The summed E-state index contributed by atoms with van der Waals surface area (Å²) in [5.41, 5.74) is 1.00. The fourth-order valence-corrected chi connectivity index (χ4v) is 1.16. The molecule has 1 rings (SSSR count). The summed E-state index contributed by atoms with van der Waals surface area (Å²) < 4.78 is 11.0. The van der Waals surface area contributed by atoms with Gasteiger partial charge in [-0.05, 0) is 5.46 Å². The van der Waals surface area contributed by atoms with Crippen molar-refractivity contribution in [3.8, 4) is 0 Å². The van der Waals surface area contributed by atoms with Gasteiger partial charge in [0.25, 0.3) is 0 Å². The van der Waals surface area contributed by atoms with Crippen LogP contribution in [0.5, 0.6) is 0 Å². The van der Waals surface area contributed by atoms with Gasteiger partial charge in [0.1, 0.15) is 0 Å². The Bertz CT molecular complexity index is 286. The molecule has 1 aromatic carbocycles. The minimum absolute atomic E-state index is 0.345. The van der Waals surface area contributed by atoms with E-state index in [4.69, 9.17) is 9.31 Å². The maximum atomic E-state index is 5.49. The number of rotatable bonds is 7. The molecule has 0 aromatic heterocycles. The van der Waals surface area contributed by atoms with Crippen molar-refractivity contribution in [1.29, 1.82) is 0 Å². The van der Waals surface area contributed by atoms with Crippen molar-refractivity contribution in [3.63, 3.8) is 0 Å². The van der Waals surface area contributed by atoms with E-state index >= 15 is 0 Å². The maximum Gasteiger partial charge on any atom is 0.494 e. The smallest absolute Gasteiger partial charge is 0.404 e. The number of hydrogen-bond donors (Lipinski definition) is 0. The fourth-order valence-electron chi connectivity index (χ4n) is 1.16. The minimum atomic E-state index is -0.345. The molecule has 1 aromatic rings. The molecule has 0 aliphatic carbocycles. The van der Waals surface area contributed by atoms with Crippen LogP contribution in [-0.2, 0) is 9.31 Å². The van der Waals surface area contributed by atoms with Gasteiger partial charge >= 0.3 is 7.12 Å². The Balaban J connectivity index is 2.62. The van der Waals surface area contributed by atoms with Crippen LogP contribution in [0.4, 0.5) is 0 Å². The summed E-state index contributed by atoms with van der Waals surface area (Å²) in [6.45, 7) is 8.15. The lowest BCUT2D eigenvalue weighted by Crippen LogP contribution is -2.37. The van der Waals surface area contributed by atoms with Crippen molar-refractivity contribution >= 4 is 12.6 Å². The van der Waals surface area contributed by atoms with Crippen LogP contribution >= 0.6 is 0 Å². The Labute approximate surface area is 91.4 Å². The van der Waals surface area contributed by atoms with E-state index in [0.717, 1.165) is 5.46 Å². The van der Waals surface area contributed by atoms with E-state index in [1.807, 2.05) is 30.3 Å². The van der Waals surface area contributed by atoms with E-state index in [9.17, 15) is 0 Å². The first-order valence-electron chi connectivity index (χ1n) is 4.88. The Morgan fingerprint density at radius 3 is 2.00 bits per heavy atom. The third-order valence-electron chi connectivity index (χ3n) is 1.80. The average Bonchev–Trinajstić information content (AvgIpc) is 2.30. The second-order valence-electron chi connectivity index (χ2n) is 2.99. The first-order valence-corrected chi connectivity index (χ1v) is 4.88. The summed E-state index contributed by atoms with van der Waals surface area (Å²) in [4.78, 5) is 0. The van der Waals surface area contributed by atoms with Gasteiger partial charge in [0.2, 0.25) is 0 Å². The van der Waals surface area contributed by atoms with Crippen molar-refractivity contribution in [3.05, 3.63) is 55.6 Å². The molecule has 0 unspecified atom stereocenters. The van der Waals surface area contributed by atoms with Crippen LogP contribution in [0.15, 0.2) is 55.6 Å². The zero-order chi connectivity index (χ0) is 10.9. The highest BCUT2D eigenvalue weighted by atomic mass is 16.6. The molecule has 78 valence electrons. The fraction of sp³-hybridized carbons (Fsp3) is 0.167. The zero-order valence-electron chi connectivity index (χ0n) is 8.76. The van der Waals surface area contributed by atoms with Crippen molar-refractivity contribution < 1.29 is 9.31 Å². The molecule has 0 fully saturated rings. The minimum Gasteiger partial charge on any atom is -0.404 e. The molecule has 0 atom stereocenters. The van der Waals surface area contributed by atoms with Gasteiger partial charge in [0.05, 0.1) is 0 Å². The summed E-state index contributed by atoms with van der Waals surface area (Å²) in [6, 6.07) is 9.81. The summed E-state index contributed by atoms with van der Waals surface area (Å²) in [6.07, 6.45) is 3.40. The Morgan fingerprint density at radius 1 is 1.00 bits per heavy atom. The summed E-state index contributed by atoms with van der Waals surface area (Å²) >= 11 is 0. The molecule has 0 aliphatic heterocycles. The molecule has 0 radical (unpaired) electrons. The monoisotopic (exact) mass is 202 g/mol. The lowest BCUT2D eigenvalue weighted by atomic mass is 9.79. The quantitative estimate of drug-likeness (QED) is 0.495. The third kappa shape index (κ3) is 4.15. The van der Waals surface area contributed by atoms with Crippen LogP contribution in [0.3, 0.4) is 0 Å². The molecule has 0 aliphatic rings. The van der Waals surface area contributed by atoms with Crippen LogP contribution in [0.1, 0.15) is 0 Å². The highest BCUT2D eigenvalue weighted by Crippen LogP contribution is 1.94. The molecule has 0 saturated heterocycles. The number of benzene rings is 1. The molecule has 0 saturated carbocycles. The lowest BCUT2D eigenvalue weighted by molar-refractivity contribution is 0.245. The van der Waals surface area contributed by atoms with Crippen molar-refractivity contribution in [2.45, 2.75) is 0 Å². The van der Waals surface area contributed by atoms with Crippen molar-refractivity contribution in [1.82, 2.24) is 0 Å². The normalized spacial score (nSPS) is 9.60. The Morgan fingerprint density at radius 2 is 1.53 bits per heavy atom. The van der Waals surface area contributed by atoms with E-state index in [1.165, 1.54) is 0 Å². The van der Waals surface area contributed by atoms with Crippen LogP contribution in [0.2, 0.25) is 0 Å². The molecular weight excluding hydrogens is 187 g/mol. The molecule has 0 spiro atoms. The Kier molecular flexibility index (Phi) is 5.52. The molecule has 0 N–H and O–H groups in total. The second-order valence-corrected chi connectivity index (χ2v) is 2.99. The summed E-state index contributed by atoms with van der Waals surface area (Å²) in [5, 5.41) is 0. The highest BCUT2D eigenvalue weighted by molar-refractivity contribution is 6.61. The van der Waals surface area contributed by atoms with E-state index in [-0.39, 0.29) is 7.12 Å². The van der Waals surface area contributed by atoms with Crippen molar-refractivity contribution in [2.24, 2.45) is 0 Å². The molecule has 0 bridgehead atoms. The molecule has 0 heterocycles. The second kappa shape index (κ2) is 7.04. The summed E-state index contributed by atoms with van der Waals surface area (Å²) in [5.74, 6) is 0. The standard InChI is InChI=1S/C12H15BO2/c1-3-10-14-13(15-11-4-2)12-8-6-5-7-9-12/h3-9H,1-2,10-11H2. The molecule has 3 heteroatoms. The largest absolute Gasteiger partial charge is 0.494 e. The van der Waals surface area contributed by atoms with Crippen LogP contribution < -0.4 is 5.46 Å². The molecular formula is C12H15BO2. The molecule has 0 amide bonds. The highest BCUT2D eigenvalue weighted by Gasteiger charge is 2.19. The number of hydrogen-bond acceptors (Lipinski definition) is 2. The van der Waals surface area contributed by atoms with Gasteiger partial charge in [0.15, 0.2) is 0 Å². The van der Waals surface area contributed by atoms with E-state index < -0.39 is 0 Å². The van der Waals surface area contributed by atoms with Crippen LogP contribution in [0, 0.1) is 0 Å². The topological polar surface area (TPSA) is 18.5 Å². The van der Waals surface area contributed by atoms with E-state index in [1.54, 1.807) is 12.2 Å². The average molecular weight is 202 g/mol. The Hall–Kier alpha value is -1.32.